The quantitative estimate of drug-likeness (QED) is 0.564. The van der Waals surface area contributed by atoms with Crippen molar-refractivity contribution in [1.29, 1.82) is 0 Å². The molecule has 1 heterocycles. The third-order valence-corrected chi connectivity index (χ3v) is 6.06. The van der Waals surface area contributed by atoms with Crippen molar-refractivity contribution in [2.45, 2.75) is 24.8 Å². The number of nitrogens with two attached hydrogens (primary N) is 1. The summed E-state index contributed by atoms with van der Waals surface area (Å²) in [6.45, 7) is 3.52. The highest BCUT2D eigenvalue weighted by Gasteiger charge is 2.16. The Labute approximate surface area is 186 Å². The molecule has 162 valence electrons. The number of hydrogen-bond donors (Lipinski definition) is 2. The van der Waals surface area contributed by atoms with Gasteiger partial charge in [0.1, 0.15) is 6.10 Å². The smallest absolute Gasteiger partial charge is 0.255 e. The van der Waals surface area contributed by atoms with E-state index in [1.807, 2.05) is 13.0 Å². The molecular weight excluding hydrogens is 438 g/mol. The summed E-state index contributed by atoms with van der Waals surface area (Å²) in [7, 11) is -3.44. The highest BCUT2D eigenvalue weighted by Crippen LogP contribution is 2.29. The number of carbonyl (C=O) groups is 1. The highest BCUT2D eigenvalue weighted by atomic mass is 35.5. The largest absolute Gasteiger partial charge is 0.482 e. The van der Waals surface area contributed by atoms with E-state index in [1.165, 1.54) is 12.3 Å². The van der Waals surface area contributed by atoms with Crippen LogP contribution in [0.15, 0.2) is 59.6 Å². The molecule has 0 bridgehead atoms. The van der Waals surface area contributed by atoms with Crippen molar-refractivity contribution >= 4 is 38.9 Å². The van der Waals surface area contributed by atoms with Crippen LogP contribution in [0.2, 0.25) is 5.02 Å². The molecule has 0 fully saturated rings. The standard InChI is InChI=1S/C22H22ClN3O4S/c1-13-7-8-16(10-20(13)31(3,28)29)22(27)26-18-6-4-5-15(9-18)14(2)30-19-11-17(23)12-25-21(19)24/h4-12,14H,1-3H3,(H2,24,25)(H,26,27)/t14-/m1/s1. The van der Waals surface area contributed by atoms with Crippen LogP contribution < -0.4 is 15.8 Å². The zero-order chi connectivity index (χ0) is 22.8. The van der Waals surface area contributed by atoms with Gasteiger partial charge in [-0.1, -0.05) is 29.8 Å². The van der Waals surface area contributed by atoms with E-state index in [9.17, 15) is 13.2 Å². The Morgan fingerprint density at radius 3 is 2.65 bits per heavy atom. The van der Waals surface area contributed by atoms with Crippen molar-refractivity contribution in [2.24, 2.45) is 0 Å². The summed E-state index contributed by atoms with van der Waals surface area (Å²) in [5.74, 6) is 0.170. The first-order chi connectivity index (χ1) is 14.5. The van der Waals surface area contributed by atoms with Crippen LogP contribution in [0.25, 0.3) is 0 Å². The van der Waals surface area contributed by atoms with Crippen LogP contribution in [0.5, 0.6) is 5.75 Å². The minimum atomic E-state index is -3.44. The number of aryl methyl sites for hydroxylation is 1. The van der Waals surface area contributed by atoms with Crippen molar-refractivity contribution < 1.29 is 17.9 Å². The predicted molar refractivity (Wildman–Crippen MR) is 121 cm³/mol. The maximum absolute atomic E-state index is 12.7. The Morgan fingerprint density at radius 1 is 1.19 bits per heavy atom. The zero-order valence-electron chi connectivity index (χ0n) is 17.2. The molecule has 0 saturated carbocycles. The fourth-order valence-electron chi connectivity index (χ4n) is 3.00. The number of hydrogen-bond acceptors (Lipinski definition) is 6. The number of nitrogens with one attached hydrogen (secondary N) is 1. The second-order valence-electron chi connectivity index (χ2n) is 7.13. The second kappa shape index (κ2) is 8.95. The van der Waals surface area contributed by atoms with Gasteiger partial charge in [-0.2, -0.15) is 0 Å². The molecule has 9 heteroatoms. The summed E-state index contributed by atoms with van der Waals surface area (Å²) >= 11 is 5.95. The van der Waals surface area contributed by atoms with Crippen LogP contribution in [-0.4, -0.2) is 25.6 Å². The fraction of sp³-hybridized carbons (Fsp3) is 0.182. The topological polar surface area (TPSA) is 111 Å². The summed E-state index contributed by atoms with van der Waals surface area (Å²) in [4.78, 5) is 16.8. The number of anilines is 2. The molecule has 0 radical (unpaired) electrons. The van der Waals surface area contributed by atoms with Crippen molar-refractivity contribution in [2.75, 3.05) is 17.3 Å². The normalized spacial score (nSPS) is 12.3. The predicted octanol–water partition coefficient (Wildman–Crippen LogP) is 4.42. The van der Waals surface area contributed by atoms with E-state index in [4.69, 9.17) is 22.1 Å². The Balaban J connectivity index is 1.79. The van der Waals surface area contributed by atoms with Crippen LogP contribution in [0.3, 0.4) is 0 Å². The molecule has 1 aromatic heterocycles. The lowest BCUT2D eigenvalue weighted by Crippen LogP contribution is -2.14. The summed E-state index contributed by atoms with van der Waals surface area (Å²) in [5.41, 5.74) is 8.00. The molecule has 31 heavy (non-hydrogen) atoms. The number of pyridine rings is 1. The lowest BCUT2D eigenvalue weighted by Gasteiger charge is -2.17. The monoisotopic (exact) mass is 459 g/mol. The first-order valence-electron chi connectivity index (χ1n) is 9.34. The summed E-state index contributed by atoms with van der Waals surface area (Å²) in [5, 5.41) is 3.19. The van der Waals surface area contributed by atoms with Gasteiger partial charge in [-0.3, -0.25) is 4.79 Å². The maximum Gasteiger partial charge on any atom is 0.255 e. The summed E-state index contributed by atoms with van der Waals surface area (Å²) < 4.78 is 29.7. The Kier molecular flexibility index (Phi) is 6.52. The molecule has 0 saturated heterocycles. The lowest BCUT2D eigenvalue weighted by molar-refractivity contribution is 0.102. The van der Waals surface area contributed by atoms with Gasteiger partial charge in [-0.15, -0.1) is 0 Å². The minimum absolute atomic E-state index is 0.128. The number of rotatable bonds is 6. The van der Waals surface area contributed by atoms with E-state index in [0.717, 1.165) is 11.8 Å². The Bertz CT molecular complexity index is 1250. The lowest BCUT2D eigenvalue weighted by atomic mass is 10.1. The SMILES string of the molecule is Cc1ccc(C(=O)Nc2cccc([C@@H](C)Oc3cc(Cl)cnc3N)c2)cc1S(C)(=O)=O. The number of aromatic nitrogens is 1. The van der Waals surface area contributed by atoms with Gasteiger partial charge < -0.3 is 15.8 Å². The van der Waals surface area contributed by atoms with E-state index in [0.29, 0.717) is 22.0 Å². The Hall–Kier alpha value is -3.10. The maximum atomic E-state index is 12.7. The summed E-state index contributed by atoms with van der Waals surface area (Å²) in [6, 6.07) is 13.3. The van der Waals surface area contributed by atoms with Crippen molar-refractivity contribution in [3.05, 3.63) is 76.4 Å². The molecule has 1 atom stereocenters. The molecule has 3 aromatic rings. The van der Waals surface area contributed by atoms with Crippen molar-refractivity contribution in [3.8, 4) is 5.75 Å². The van der Waals surface area contributed by atoms with Gasteiger partial charge in [0, 0.05) is 29.8 Å². The van der Waals surface area contributed by atoms with Crippen LogP contribution in [0.4, 0.5) is 11.5 Å². The average Bonchev–Trinajstić information content (AvgIpc) is 2.70. The van der Waals surface area contributed by atoms with Gasteiger partial charge in [0.05, 0.1) is 9.92 Å². The van der Waals surface area contributed by atoms with Gasteiger partial charge >= 0.3 is 0 Å². The number of halogens is 1. The van der Waals surface area contributed by atoms with E-state index >= 15 is 0 Å². The Morgan fingerprint density at radius 2 is 1.94 bits per heavy atom. The van der Waals surface area contributed by atoms with Crippen LogP contribution >= 0.6 is 11.6 Å². The van der Waals surface area contributed by atoms with Crippen LogP contribution in [-0.2, 0) is 9.84 Å². The first kappa shape index (κ1) is 22.6. The molecule has 2 aromatic carbocycles. The number of carbonyl (C=O) groups excluding carboxylic acids is 1. The van der Waals surface area contributed by atoms with E-state index < -0.39 is 21.8 Å². The fourth-order valence-corrected chi connectivity index (χ4v) is 4.14. The number of sulfone groups is 1. The minimum Gasteiger partial charge on any atom is -0.482 e. The van der Waals surface area contributed by atoms with Gasteiger partial charge in [-0.05, 0) is 49.2 Å². The molecule has 0 aliphatic heterocycles. The summed E-state index contributed by atoms with van der Waals surface area (Å²) in [6.07, 6.45) is 2.16. The van der Waals surface area contributed by atoms with Gasteiger partial charge in [0.25, 0.3) is 5.91 Å². The van der Waals surface area contributed by atoms with Gasteiger partial charge in [0.15, 0.2) is 21.4 Å². The van der Waals surface area contributed by atoms with E-state index in [1.54, 1.807) is 43.3 Å². The molecule has 0 spiro atoms. The number of benzene rings is 2. The first-order valence-corrected chi connectivity index (χ1v) is 11.6. The van der Waals surface area contributed by atoms with Crippen molar-refractivity contribution in [1.82, 2.24) is 4.98 Å². The van der Waals surface area contributed by atoms with Gasteiger partial charge in [0.2, 0.25) is 0 Å². The van der Waals surface area contributed by atoms with Crippen LogP contribution in [0, 0.1) is 6.92 Å². The van der Waals surface area contributed by atoms with Crippen LogP contribution in [0.1, 0.15) is 34.5 Å². The second-order valence-corrected chi connectivity index (χ2v) is 9.55. The number of nitrogens with zero attached hydrogens (tertiary/aromatic N) is 1. The van der Waals surface area contributed by atoms with E-state index in [2.05, 4.69) is 10.3 Å². The van der Waals surface area contributed by atoms with Crippen molar-refractivity contribution in [3.63, 3.8) is 0 Å². The third kappa shape index (κ3) is 5.53. The zero-order valence-corrected chi connectivity index (χ0v) is 18.8. The third-order valence-electron chi connectivity index (χ3n) is 4.62. The number of amides is 1. The molecule has 0 aliphatic rings. The number of nitrogen functional groups attached to an aromatic ring is 1. The number of ether oxygens (including phenoxy) is 1. The molecular formula is C22H22ClN3O4S. The average molecular weight is 460 g/mol. The molecule has 3 N–H and O–H groups in total. The van der Waals surface area contributed by atoms with E-state index in [-0.39, 0.29) is 16.3 Å². The molecule has 0 unspecified atom stereocenters. The molecule has 0 aliphatic carbocycles. The molecule has 1 amide bonds. The molecule has 3 rings (SSSR count). The highest BCUT2D eigenvalue weighted by molar-refractivity contribution is 7.90. The molecule has 7 nitrogen and oxygen atoms in total. The van der Waals surface area contributed by atoms with Gasteiger partial charge in [-0.25, -0.2) is 13.4 Å².